The van der Waals surface area contributed by atoms with Gasteiger partial charge in [-0.05, 0) is 43.3 Å². The molecular weight excluding hydrogens is 482 g/mol. The lowest BCUT2D eigenvalue weighted by atomic mass is 9.86. The number of hydrogen-bond donors (Lipinski definition) is 0. The van der Waals surface area contributed by atoms with Crippen molar-refractivity contribution in [3.63, 3.8) is 0 Å². The Bertz CT molecular complexity index is 1230. The molecule has 36 heavy (non-hydrogen) atoms. The monoisotopic (exact) mass is 503 g/mol. The Morgan fingerprint density at radius 3 is 2.06 bits per heavy atom. The summed E-state index contributed by atoms with van der Waals surface area (Å²) < 4.78 is 71.9. The zero-order valence-corrected chi connectivity index (χ0v) is 19.3. The number of cyclic esters (lactones) is 1. The Kier molecular flexibility index (Phi) is 6.62. The number of carbonyl (C=O) groups is 2. The van der Waals surface area contributed by atoms with E-state index in [1.807, 2.05) is 0 Å². The predicted molar refractivity (Wildman–Crippen MR) is 121 cm³/mol. The number of nitrogens with zero attached hydrogens (tertiary/aromatic N) is 1. The van der Waals surface area contributed by atoms with Gasteiger partial charge in [0.15, 0.2) is 5.60 Å². The second-order valence-electron chi connectivity index (χ2n) is 7.97. The third-order valence-corrected chi connectivity index (χ3v) is 5.85. The SMILES string of the molecule is CCOC(=O)C(F)(F)c1ccc(N2CC(c3ccc(F)cc3)(c3ccc(F)cc3)OC2=O)cc1OC. The lowest BCUT2D eigenvalue weighted by molar-refractivity contribution is -0.173. The van der Waals surface area contributed by atoms with Gasteiger partial charge < -0.3 is 14.2 Å². The minimum Gasteiger partial charge on any atom is -0.496 e. The number of amides is 1. The van der Waals surface area contributed by atoms with Crippen LogP contribution < -0.4 is 9.64 Å². The van der Waals surface area contributed by atoms with E-state index >= 15 is 0 Å². The quantitative estimate of drug-likeness (QED) is 0.314. The van der Waals surface area contributed by atoms with E-state index < -0.39 is 40.8 Å². The van der Waals surface area contributed by atoms with E-state index in [1.54, 1.807) is 0 Å². The van der Waals surface area contributed by atoms with E-state index in [0.29, 0.717) is 11.1 Å². The number of benzene rings is 3. The number of rotatable bonds is 7. The highest BCUT2D eigenvalue weighted by Gasteiger charge is 2.50. The van der Waals surface area contributed by atoms with Crippen molar-refractivity contribution in [2.24, 2.45) is 0 Å². The zero-order valence-electron chi connectivity index (χ0n) is 19.3. The molecule has 0 atom stereocenters. The number of hydrogen-bond acceptors (Lipinski definition) is 5. The molecule has 0 saturated carbocycles. The van der Waals surface area contributed by atoms with Crippen molar-refractivity contribution in [2.75, 3.05) is 25.2 Å². The lowest BCUT2D eigenvalue weighted by Crippen LogP contribution is -2.33. The molecule has 1 fully saturated rings. The van der Waals surface area contributed by atoms with Crippen LogP contribution in [0.1, 0.15) is 23.6 Å². The van der Waals surface area contributed by atoms with Gasteiger partial charge in [-0.3, -0.25) is 4.90 Å². The largest absolute Gasteiger partial charge is 0.496 e. The third-order valence-electron chi connectivity index (χ3n) is 5.85. The molecule has 0 aromatic heterocycles. The average molecular weight is 503 g/mol. The summed E-state index contributed by atoms with van der Waals surface area (Å²) in [4.78, 5) is 26.0. The number of methoxy groups -OCH3 is 1. The molecule has 0 aliphatic carbocycles. The van der Waals surface area contributed by atoms with Crippen molar-refractivity contribution in [1.29, 1.82) is 0 Å². The van der Waals surface area contributed by atoms with E-state index in [0.717, 1.165) is 13.2 Å². The molecule has 0 radical (unpaired) electrons. The van der Waals surface area contributed by atoms with Crippen molar-refractivity contribution < 1.29 is 41.4 Å². The van der Waals surface area contributed by atoms with Crippen LogP contribution in [0.5, 0.6) is 5.75 Å². The van der Waals surface area contributed by atoms with Gasteiger partial charge in [-0.25, -0.2) is 18.4 Å². The van der Waals surface area contributed by atoms with Crippen LogP contribution >= 0.6 is 0 Å². The van der Waals surface area contributed by atoms with Crippen LogP contribution in [0.4, 0.5) is 28.0 Å². The molecule has 3 aromatic carbocycles. The van der Waals surface area contributed by atoms with Crippen LogP contribution in [0.2, 0.25) is 0 Å². The number of ether oxygens (including phenoxy) is 3. The Balaban J connectivity index is 1.76. The van der Waals surface area contributed by atoms with Gasteiger partial charge in [0.2, 0.25) is 0 Å². The van der Waals surface area contributed by atoms with Gasteiger partial charge in [0.1, 0.15) is 17.4 Å². The highest BCUT2D eigenvalue weighted by Crippen LogP contribution is 2.44. The van der Waals surface area contributed by atoms with E-state index in [2.05, 4.69) is 4.74 Å². The molecule has 1 heterocycles. The molecule has 0 N–H and O–H groups in total. The molecule has 1 aliphatic rings. The summed E-state index contributed by atoms with van der Waals surface area (Å²) in [5.74, 6) is -7.08. The molecule has 0 unspecified atom stereocenters. The van der Waals surface area contributed by atoms with Gasteiger partial charge in [-0.15, -0.1) is 0 Å². The molecule has 1 saturated heterocycles. The number of halogens is 4. The molecule has 1 amide bonds. The summed E-state index contributed by atoms with van der Waals surface area (Å²) in [6.45, 7) is 1.03. The van der Waals surface area contributed by atoms with Crippen LogP contribution in [0.15, 0.2) is 66.7 Å². The number of alkyl halides is 2. The van der Waals surface area contributed by atoms with Crippen molar-refractivity contribution >= 4 is 17.7 Å². The number of esters is 1. The summed E-state index contributed by atoms with van der Waals surface area (Å²) in [6.07, 6.45) is -0.824. The van der Waals surface area contributed by atoms with Crippen LogP contribution in [0.3, 0.4) is 0 Å². The highest BCUT2D eigenvalue weighted by atomic mass is 19.3. The smallest absolute Gasteiger partial charge is 0.415 e. The third kappa shape index (κ3) is 4.34. The maximum atomic E-state index is 14.7. The van der Waals surface area contributed by atoms with Gasteiger partial charge in [-0.1, -0.05) is 24.3 Å². The van der Waals surface area contributed by atoms with Crippen molar-refractivity contribution in [3.8, 4) is 5.75 Å². The van der Waals surface area contributed by atoms with E-state index in [9.17, 15) is 27.2 Å². The average Bonchev–Trinajstić information content (AvgIpc) is 3.22. The van der Waals surface area contributed by atoms with Crippen molar-refractivity contribution in [1.82, 2.24) is 0 Å². The van der Waals surface area contributed by atoms with Crippen molar-refractivity contribution in [3.05, 3.63) is 95.1 Å². The molecule has 3 aromatic rings. The maximum Gasteiger partial charge on any atom is 0.415 e. The lowest BCUT2D eigenvalue weighted by Gasteiger charge is -2.28. The second-order valence-corrected chi connectivity index (χ2v) is 7.97. The topological polar surface area (TPSA) is 65.1 Å². The Labute approximate surface area is 204 Å². The van der Waals surface area contributed by atoms with E-state index in [1.165, 1.54) is 72.5 Å². The first kappa shape index (κ1) is 25.0. The van der Waals surface area contributed by atoms with Crippen LogP contribution in [0, 0.1) is 11.6 Å². The van der Waals surface area contributed by atoms with Gasteiger partial charge in [-0.2, -0.15) is 8.78 Å². The minimum atomic E-state index is -3.99. The first-order valence-electron chi connectivity index (χ1n) is 10.9. The molecule has 4 rings (SSSR count). The zero-order chi connectivity index (χ0) is 26.1. The first-order valence-corrected chi connectivity index (χ1v) is 10.9. The summed E-state index contributed by atoms with van der Waals surface area (Å²) >= 11 is 0. The molecule has 188 valence electrons. The minimum absolute atomic E-state index is 0.139. The standard InChI is InChI=1S/C26H21F4NO5/c1-3-35-23(32)26(29,30)21-13-12-20(14-22(21)34-2)31-15-25(36-24(31)33,16-4-8-18(27)9-5-16)17-6-10-19(28)11-7-17/h4-14H,3,15H2,1-2H3. The Morgan fingerprint density at radius 2 is 1.56 bits per heavy atom. The van der Waals surface area contributed by atoms with Crippen LogP contribution in [-0.2, 0) is 25.8 Å². The Morgan fingerprint density at radius 1 is 1.00 bits per heavy atom. The van der Waals surface area contributed by atoms with E-state index in [-0.39, 0.29) is 24.6 Å². The highest BCUT2D eigenvalue weighted by molar-refractivity contribution is 5.92. The molecule has 10 heteroatoms. The fourth-order valence-electron chi connectivity index (χ4n) is 4.06. The molecule has 0 spiro atoms. The normalized spacial score (nSPS) is 14.9. The molecule has 1 aliphatic heterocycles. The van der Waals surface area contributed by atoms with Crippen molar-refractivity contribution in [2.45, 2.75) is 18.4 Å². The molecule has 6 nitrogen and oxygen atoms in total. The fraction of sp³-hybridized carbons (Fsp3) is 0.231. The number of anilines is 1. The van der Waals surface area contributed by atoms with Crippen LogP contribution in [-0.4, -0.2) is 32.3 Å². The fourth-order valence-corrected chi connectivity index (χ4v) is 4.06. The first-order chi connectivity index (χ1) is 17.1. The summed E-state index contributed by atoms with van der Waals surface area (Å²) in [5.41, 5.74) is -1.19. The second kappa shape index (κ2) is 9.52. The van der Waals surface area contributed by atoms with Gasteiger partial charge in [0.25, 0.3) is 0 Å². The summed E-state index contributed by atoms with van der Waals surface area (Å²) in [6, 6.07) is 13.9. The van der Waals surface area contributed by atoms with Gasteiger partial charge >= 0.3 is 18.0 Å². The maximum absolute atomic E-state index is 14.7. The molecular formula is C26H21F4NO5. The predicted octanol–water partition coefficient (Wildman–Crippen LogP) is 5.53. The number of carbonyl (C=O) groups excluding carboxylic acids is 2. The van der Waals surface area contributed by atoms with E-state index in [4.69, 9.17) is 9.47 Å². The van der Waals surface area contributed by atoms with Gasteiger partial charge in [0.05, 0.1) is 31.5 Å². The summed E-state index contributed by atoms with van der Waals surface area (Å²) in [7, 11) is 1.15. The van der Waals surface area contributed by atoms with Crippen LogP contribution in [0.25, 0.3) is 0 Å². The Hall–Kier alpha value is -4.08. The summed E-state index contributed by atoms with van der Waals surface area (Å²) in [5, 5.41) is 0. The van der Waals surface area contributed by atoms with Gasteiger partial charge in [0, 0.05) is 17.2 Å². The molecule has 0 bridgehead atoms.